The molecular weight excluding hydrogens is 572 g/mol. The predicted octanol–water partition coefficient (Wildman–Crippen LogP) is 4.42. The first-order valence-corrected chi connectivity index (χ1v) is 13.0. The topological polar surface area (TPSA) is 57.9 Å². The lowest BCUT2D eigenvalue weighted by molar-refractivity contribution is 0.0566. The highest BCUT2D eigenvalue weighted by atomic mass is 16.5. The van der Waals surface area contributed by atoms with Gasteiger partial charge >= 0.3 is 5.97 Å². The van der Waals surface area contributed by atoms with E-state index in [1.54, 1.807) is 13.0 Å². The van der Waals surface area contributed by atoms with E-state index in [1.807, 2.05) is 37.3 Å². The molecule has 5 nitrogen and oxygen atoms in total. The maximum absolute atomic E-state index is 11.9. The zero-order valence-electron chi connectivity index (χ0n) is 24.8. The largest absolute Gasteiger partial charge is 0.489 e. The number of hydrogen-bond acceptors (Lipinski definition) is 5. The van der Waals surface area contributed by atoms with Gasteiger partial charge in [-0.1, -0.05) is 6.07 Å². The van der Waals surface area contributed by atoms with Crippen LogP contribution >= 0.6 is 0 Å². The van der Waals surface area contributed by atoms with Crippen LogP contribution in [0.15, 0.2) is 40.8 Å². The maximum Gasteiger partial charge on any atom is 0.374 e. The molecule has 3 aromatic rings. The number of rotatable bonds is 5. The van der Waals surface area contributed by atoms with E-state index < -0.39 is 5.97 Å². The normalized spacial score (nSPS) is 7.61. The number of methoxy groups -OCH3 is 1. The molecule has 0 N–H and O–H groups in total. The second-order valence-electron chi connectivity index (χ2n) is 8.37. The van der Waals surface area contributed by atoms with Gasteiger partial charge in [-0.25, -0.2) is 4.79 Å². The Morgan fingerprint density at radius 1 is 0.696 bits per heavy atom. The van der Waals surface area contributed by atoms with Gasteiger partial charge in [0, 0.05) is 88.1 Å². The summed E-state index contributed by atoms with van der Waals surface area (Å²) in [6.45, 7) is 4.02. The number of esters is 1. The Morgan fingerprint density at radius 2 is 1.24 bits per heavy atom. The summed E-state index contributed by atoms with van der Waals surface area (Å²) in [6, 6.07) is 11.0. The van der Waals surface area contributed by atoms with Gasteiger partial charge in [-0.2, -0.15) is 0 Å². The van der Waals surface area contributed by atoms with Gasteiger partial charge < -0.3 is 18.6 Å². The van der Waals surface area contributed by atoms with Crippen molar-refractivity contribution in [2.24, 2.45) is 0 Å². The molecule has 0 saturated carbocycles. The molecule has 0 aliphatic heterocycles. The SMILES string of the molecule is C#CC#CC#CC#CC#CC#CC#CC#CC#CC#CC#COc1cc(C)cc(COc2ccc3c(C)c(C(=O)OC)oc3c2)c1. The van der Waals surface area contributed by atoms with Gasteiger partial charge in [-0.3, -0.25) is 0 Å². The molecule has 0 atom stereocenters. The van der Waals surface area contributed by atoms with Gasteiger partial charge in [0.2, 0.25) is 5.76 Å². The standard InChI is InChI=1S/C41H18O5/c1-5-6-7-8-9-10-11-12-13-14-15-16-17-18-19-20-21-22-23-24-27-44-37-29-33(2)28-35(30-37)32-45-36-25-26-38-34(3)40(41(42)43-4)46-39(38)31-36/h1,25-26,28-31H,32H2,2-4H3. The van der Waals surface area contributed by atoms with Crippen LogP contribution in [0.2, 0.25) is 0 Å². The molecule has 0 amide bonds. The molecule has 0 aliphatic rings. The summed E-state index contributed by atoms with van der Waals surface area (Å²) in [4.78, 5) is 11.9. The van der Waals surface area contributed by atoms with Gasteiger partial charge in [0.1, 0.15) is 29.8 Å². The zero-order chi connectivity index (χ0) is 32.8. The fraction of sp³-hybridized carbons (Fsp3) is 0.0976. The summed E-state index contributed by atoms with van der Waals surface area (Å²) < 4.78 is 21.9. The zero-order valence-corrected chi connectivity index (χ0v) is 24.8. The third-order valence-electron chi connectivity index (χ3n) is 5.21. The summed E-state index contributed by atoms with van der Waals surface area (Å²) >= 11 is 0. The number of fused-ring (bicyclic) bond motifs is 1. The highest BCUT2D eigenvalue weighted by Gasteiger charge is 2.18. The van der Waals surface area contributed by atoms with Gasteiger partial charge in [-0.05, 0) is 96.6 Å². The number of aryl methyl sites for hydroxylation is 2. The van der Waals surface area contributed by atoms with E-state index in [9.17, 15) is 4.79 Å². The second kappa shape index (κ2) is 18.6. The summed E-state index contributed by atoms with van der Waals surface area (Å²) in [7, 11) is 1.31. The molecule has 0 fully saturated rings. The smallest absolute Gasteiger partial charge is 0.374 e. The van der Waals surface area contributed by atoms with Crippen LogP contribution in [0, 0.1) is 145 Å². The number of benzene rings is 2. The third kappa shape index (κ3) is 11.2. The fourth-order valence-corrected chi connectivity index (χ4v) is 3.39. The highest BCUT2D eigenvalue weighted by Crippen LogP contribution is 2.29. The highest BCUT2D eigenvalue weighted by molar-refractivity contribution is 5.96. The van der Waals surface area contributed by atoms with Crippen molar-refractivity contribution in [3.05, 3.63) is 58.8 Å². The number of carbonyl (C=O) groups is 1. The Labute approximate surface area is 268 Å². The summed E-state index contributed by atoms with van der Waals surface area (Å²) in [5, 5.41) is 0.813. The van der Waals surface area contributed by atoms with Crippen LogP contribution in [0.25, 0.3) is 11.0 Å². The molecule has 0 saturated heterocycles. The number of hydrogen-bond donors (Lipinski definition) is 0. The minimum Gasteiger partial charge on any atom is -0.489 e. The van der Waals surface area contributed by atoms with Crippen LogP contribution in [0.4, 0.5) is 0 Å². The fourth-order valence-electron chi connectivity index (χ4n) is 3.39. The van der Waals surface area contributed by atoms with E-state index in [-0.39, 0.29) is 12.4 Å². The molecule has 0 spiro atoms. The van der Waals surface area contributed by atoms with Crippen LogP contribution in [-0.4, -0.2) is 13.1 Å². The Bertz CT molecular complexity index is 2380. The minimum atomic E-state index is -0.525. The quantitative estimate of drug-likeness (QED) is 0.326. The molecule has 46 heavy (non-hydrogen) atoms. The van der Waals surface area contributed by atoms with E-state index in [4.69, 9.17) is 25.1 Å². The van der Waals surface area contributed by atoms with Crippen LogP contribution in [0.1, 0.15) is 27.2 Å². The minimum absolute atomic E-state index is 0.174. The second-order valence-corrected chi connectivity index (χ2v) is 8.37. The first-order chi connectivity index (χ1) is 22.5. The van der Waals surface area contributed by atoms with E-state index in [0.717, 1.165) is 16.5 Å². The van der Waals surface area contributed by atoms with E-state index in [0.29, 0.717) is 22.6 Å². The summed E-state index contributed by atoms with van der Waals surface area (Å²) in [5.41, 5.74) is 3.09. The van der Waals surface area contributed by atoms with Crippen LogP contribution in [0.3, 0.4) is 0 Å². The van der Waals surface area contributed by atoms with Crippen molar-refractivity contribution < 1.29 is 23.4 Å². The van der Waals surface area contributed by atoms with Crippen molar-refractivity contribution in [2.75, 3.05) is 7.11 Å². The molecule has 2 aromatic carbocycles. The lowest BCUT2D eigenvalue weighted by atomic mass is 10.1. The lowest BCUT2D eigenvalue weighted by Crippen LogP contribution is -2.00. The molecular formula is C41H18O5. The van der Waals surface area contributed by atoms with Crippen molar-refractivity contribution in [3.8, 4) is 142 Å². The van der Waals surface area contributed by atoms with Crippen molar-refractivity contribution in [1.29, 1.82) is 0 Å². The molecule has 0 bridgehead atoms. The average molecular weight is 591 g/mol. The van der Waals surface area contributed by atoms with Crippen molar-refractivity contribution in [2.45, 2.75) is 20.5 Å². The van der Waals surface area contributed by atoms with Crippen LogP contribution in [-0.2, 0) is 11.3 Å². The number of ether oxygens (including phenoxy) is 3. The first-order valence-electron chi connectivity index (χ1n) is 13.0. The molecule has 1 heterocycles. The molecule has 0 radical (unpaired) electrons. The van der Waals surface area contributed by atoms with Gasteiger partial charge in [-0.15, -0.1) is 6.42 Å². The summed E-state index contributed by atoms with van der Waals surface area (Å²) in [6.07, 6.45) is 7.49. The lowest BCUT2D eigenvalue weighted by Gasteiger charge is -2.08. The Morgan fingerprint density at radius 3 is 1.78 bits per heavy atom. The first kappa shape index (κ1) is 32.7. The van der Waals surface area contributed by atoms with E-state index >= 15 is 0 Å². The summed E-state index contributed by atoms with van der Waals surface area (Å²) in [5.74, 6) is 50.4. The maximum atomic E-state index is 11.9. The van der Waals surface area contributed by atoms with Gasteiger partial charge in [0.15, 0.2) is 0 Å². The van der Waals surface area contributed by atoms with Gasteiger partial charge in [0.05, 0.1) is 7.11 Å². The Balaban J connectivity index is 1.49. The van der Waals surface area contributed by atoms with E-state index in [1.165, 1.54) is 7.11 Å². The van der Waals surface area contributed by atoms with Gasteiger partial charge in [0.25, 0.3) is 0 Å². The Hall–Kier alpha value is -7.79. The molecule has 212 valence electrons. The van der Waals surface area contributed by atoms with Crippen molar-refractivity contribution in [3.63, 3.8) is 0 Å². The van der Waals surface area contributed by atoms with E-state index in [2.05, 4.69) is 125 Å². The van der Waals surface area contributed by atoms with Crippen LogP contribution < -0.4 is 9.47 Å². The van der Waals surface area contributed by atoms with Crippen LogP contribution in [0.5, 0.6) is 11.5 Å². The molecule has 0 aliphatic carbocycles. The van der Waals surface area contributed by atoms with Crippen molar-refractivity contribution in [1.82, 2.24) is 0 Å². The predicted molar refractivity (Wildman–Crippen MR) is 175 cm³/mol. The molecule has 5 heteroatoms. The van der Waals surface area contributed by atoms with Crippen molar-refractivity contribution >= 4 is 16.9 Å². The number of terminal acetylenes is 1. The number of furan rings is 1. The monoisotopic (exact) mass is 590 g/mol. The molecule has 1 aromatic heterocycles. The molecule has 3 rings (SSSR count). The molecule has 0 unspecified atom stereocenters. The average Bonchev–Trinajstić information content (AvgIpc) is 3.39. The third-order valence-corrected chi connectivity index (χ3v) is 5.21. The Kier molecular flexibility index (Phi) is 13.2. The number of carbonyl (C=O) groups excluding carboxylic acids is 1.